The summed E-state index contributed by atoms with van der Waals surface area (Å²) < 4.78 is 1.33. The standard InChI is InChI=1S/C29H37.C13H10.C5H5.2ClH.Ti/c1-18-25-22-17-19-13-9-10-14-20(19)24(22)21-15-11-12-16-23(21)29(25,8)28(6,7)27(4,5)26(18,2)3;1-3-7-12(8-4-1)11-13-9-5-2-6-10-13;1-2-4-5-3-1;;;/h9-11,13-15,23H,12,16-17H2,1-8H3;1-10H;1-3H,4H2;2*1H;/q-1;;-1;;;+2/p-2. The van der Waals surface area contributed by atoms with E-state index in [1.54, 1.807) is 28.2 Å². The molecule has 2 unspecified atom stereocenters. The Kier molecular flexibility index (Phi) is 12.5. The van der Waals surface area contributed by atoms with Crippen LogP contribution in [0.2, 0.25) is 0 Å². The predicted molar refractivity (Wildman–Crippen MR) is 202 cm³/mol. The average molecular weight is 736 g/mol. The minimum absolute atomic E-state index is 0. The summed E-state index contributed by atoms with van der Waals surface area (Å²) in [7, 11) is 0. The van der Waals surface area contributed by atoms with E-state index in [1.165, 1.54) is 38.9 Å². The first kappa shape index (κ1) is 40.2. The van der Waals surface area contributed by atoms with Crippen molar-refractivity contribution in [3.63, 3.8) is 0 Å². The molecule has 0 spiro atoms. The molecule has 0 aromatic heterocycles. The predicted octanol–water partition coefficient (Wildman–Crippen LogP) is 6.08. The second-order valence-corrected chi connectivity index (χ2v) is 16.6. The molecule has 50 heavy (non-hydrogen) atoms. The fourth-order valence-corrected chi connectivity index (χ4v) is 9.81. The van der Waals surface area contributed by atoms with Crippen molar-refractivity contribution in [2.75, 3.05) is 0 Å². The number of allylic oxidation sites excluding steroid dienone is 10. The summed E-state index contributed by atoms with van der Waals surface area (Å²) >= 11 is 2.16. The molecule has 5 aliphatic carbocycles. The number of fused-ring (bicyclic) bond motifs is 6. The van der Waals surface area contributed by atoms with Crippen LogP contribution < -0.4 is 24.8 Å². The van der Waals surface area contributed by atoms with Gasteiger partial charge in [-0.05, 0) is 40.6 Å². The normalized spacial score (nSPS) is 23.8. The second-order valence-electron chi connectivity index (χ2n) is 15.9. The maximum absolute atomic E-state index is 2.99. The third kappa shape index (κ3) is 6.49. The zero-order valence-electron chi connectivity index (χ0n) is 31.1. The molecule has 0 N–H and O–H groups in total. The van der Waals surface area contributed by atoms with Crippen LogP contribution >= 0.6 is 0 Å². The molecule has 0 nitrogen and oxygen atoms in total. The average Bonchev–Trinajstić information content (AvgIpc) is 3.81. The van der Waals surface area contributed by atoms with E-state index in [2.05, 4.69) is 172 Å². The van der Waals surface area contributed by atoms with E-state index in [4.69, 9.17) is 0 Å². The summed E-state index contributed by atoms with van der Waals surface area (Å²) in [5.41, 5.74) is 12.9. The van der Waals surface area contributed by atoms with Crippen LogP contribution in [0, 0.1) is 39.6 Å². The Morgan fingerprint density at radius 3 is 1.88 bits per heavy atom. The zero-order chi connectivity index (χ0) is 34.3. The van der Waals surface area contributed by atoms with Gasteiger partial charge >= 0.3 is 95.6 Å². The topological polar surface area (TPSA) is 0 Å². The molecule has 0 aliphatic heterocycles. The van der Waals surface area contributed by atoms with E-state index in [0.29, 0.717) is 5.92 Å². The summed E-state index contributed by atoms with van der Waals surface area (Å²) in [5.74, 6) is 2.24. The van der Waals surface area contributed by atoms with E-state index in [0.717, 1.165) is 12.8 Å². The van der Waals surface area contributed by atoms with Crippen LogP contribution in [0.15, 0.2) is 132 Å². The first-order valence-electron chi connectivity index (χ1n) is 17.8. The van der Waals surface area contributed by atoms with Gasteiger partial charge in [0.25, 0.3) is 0 Å². The second kappa shape index (κ2) is 15.6. The van der Waals surface area contributed by atoms with Gasteiger partial charge in [-0.1, -0.05) is 113 Å². The SMILES string of the molecule is C[C-]1C2=C3Cc4ccccc4C3=C3C=CCCC3C2(C)C(C)(C)C(C)(C)C1(C)C.[C-]1=CC=CC1.[Cl-].[Cl-].[Ti+2]=[C](c1ccccc1)c1ccccc1. The van der Waals surface area contributed by atoms with Gasteiger partial charge in [-0.15, -0.1) is 13.3 Å². The Bertz CT molecular complexity index is 1780. The molecule has 2 atom stereocenters. The molecule has 0 bridgehead atoms. The van der Waals surface area contributed by atoms with E-state index >= 15 is 0 Å². The molecule has 1 fully saturated rings. The van der Waals surface area contributed by atoms with E-state index in [1.807, 2.05) is 24.3 Å². The third-order valence-electron chi connectivity index (χ3n) is 13.5. The van der Waals surface area contributed by atoms with Crippen LogP contribution in [0.4, 0.5) is 0 Å². The number of benzene rings is 3. The minimum atomic E-state index is 0. The maximum atomic E-state index is 2.99. The van der Waals surface area contributed by atoms with Crippen LogP contribution in [0.1, 0.15) is 96.9 Å². The molecule has 0 heterocycles. The Morgan fingerprint density at radius 2 is 1.34 bits per heavy atom. The fraction of sp³-hybridized carbons (Fsp3) is 0.362. The van der Waals surface area contributed by atoms with Crippen LogP contribution in [0.5, 0.6) is 0 Å². The Balaban J connectivity index is 0.000000223. The van der Waals surface area contributed by atoms with E-state index in [9.17, 15) is 0 Å². The Morgan fingerprint density at radius 1 is 0.760 bits per heavy atom. The third-order valence-corrected chi connectivity index (χ3v) is 14.4. The van der Waals surface area contributed by atoms with Crippen LogP contribution in [-0.4, -0.2) is 3.81 Å². The van der Waals surface area contributed by atoms with Gasteiger partial charge in [-0.2, -0.15) is 17.2 Å². The molecule has 0 radical (unpaired) electrons. The molecule has 3 aromatic rings. The molecule has 3 heteroatoms. The number of hydrogen-bond donors (Lipinski definition) is 0. The molecule has 3 aromatic carbocycles. The van der Waals surface area contributed by atoms with Crippen LogP contribution in [0.3, 0.4) is 0 Å². The van der Waals surface area contributed by atoms with Crippen molar-refractivity contribution in [1.82, 2.24) is 0 Å². The summed E-state index contributed by atoms with van der Waals surface area (Å²) in [6.45, 7) is 20.3. The van der Waals surface area contributed by atoms with Gasteiger partial charge in [0.2, 0.25) is 0 Å². The van der Waals surface area contributed by atoms with Crippen molar-refractivity contribution in [3.05, 3.63) is 166 Å². The summed E-state index contributed by atoms with van der Waals surface area (Å²) in [5, 5.41) is 0. The summed E-state index contributed by atoms with van der Waals surface area (Å²) in [4.78, 5) is 0. The molecule has 0 saturated heterocycles. The van der Waals surface area contributed by atoms with Crippen molar-refractivity contribution < 1.29 is 44.8 Å². The Hall–Kier alpha value is -2.61. The molecule has 0 amide bonds. The van der Waals surface area contributed by atoms with Crippen molar-refractivity contribution in [2.45, 2.75) is 81.1 Å². The number of halogens is 2. The van der Waals surface area contributed by atoms with Crippen LogP contribution in [0.25, 0.3) is 5.57 Å². The molecule has 260 valence electrons. The first-order valence-corrected chi connectivity index (χ1v) is 18.6. The van der Waals surface area contributed by atoms with Gasteiger partial charge in [-0.25, -0.2) is 18.1 Å². The van der Waals surface area contributed by atoms with Crippen molar-refractivity contribution in [3.8, 4) is 0 Å². The number of rotatable bonds is 2. The molecule has 1 saturated carbocycles. The quantitative estimate of drug-likeness (QED) is 0.221. The monoisotopic (exact) mass is 734 g/mol. The van der Waals surface area contributed by atoms with Gasteiger partial charge in [0.1, 0.15) is 0 Å². The molecule has 8 rings (SSSR count). The molecular formula is C47H52Cl2Ti-2. The van der Waals surface area contributed by atoms with Gasteiger partial charge in [-0.3, -0.25) is 6.08 Å². The van der Waals surface area contributed by atoms with Gasteiger partial charge in [0.15, 0.2) is 0 Å². The van der Waals surface area contributed by atoms with Crippen LogP contribution in [-0.2, 0) is 26.4 Å². The Labute approximate surface area is 327 Å². The van der Waals surface area contributed by atoms with E-state index < -0.39 is 0 Å². The van der Waals surface area contributed by atoms with E-state index in [-0.39, 0.29) is 46.5 Å². The molecular weight excluding hydrogens is 683 g/mol. The van der Waals surface area contributed by atoms with Crippen molar-refractivity contribution in [2.24, 2.45) is 27.6 Å². The number of hydrogen-bond acceptors (Lipinski definition) is 0. The van der Waals surface area contributed by atoms with Gasteiger partial charge in [0.05, 0.1) is 0 Å². The van der Waals surface area contributed by atoms with Gasteiger partial charge < -0.3 is 24.8 Å². The van der Waals surface area contributed by atoms with Gasteiger partial charge in [0, 0.05) is 0 Å². The van der Waals surface area contributed by atoms with Crippen molar-refractivity contribution in [1.29, 1.82) is 0 Å². The molecule has 5 aliphatic rings. The zero-order valence-corrected chi connectivity index (χ0v) is 34.2. The first-order chi connectivity index (χ1) is 22.9. The summed E-state index contributed by atoms with van der Waals surface area (Å²) in [6, 6.07) is 30.1. The fourth-order valence-electron chi connectivity index (χ4n) is 9.28. The van der Waals surface area contributed by atoms with Crippen molar-refractivity contribution >= 4 is 9.38 Å². The summed E-state index contributed by atoms with van der Waals surface area (Å²) in [6.07, 6.45) is 18.5.